The molecule has 0 aromatic carbocycles. The molecule has 0 aliphatic heterocycles. The van der Waals surface area contributed by atoms with Crippen molar-refractivity contribution in [1.82, 2.24) is 5.32 Å². The van der Waals surface area contributed by atoms with Crippen LogP contribution in [0.3, 0.4) is 0 Å². The summed E-state index contributed by atoms with van der Waals surface area (Å²) >= 11 is 0. The molecule has 0 heterocycles. The van der Waals surface area contributed by atoms with Crippen LogP contribution < -0.4 is 5.32 Å². The first-order valence-corrected chi connectivity index (χ1v) is 9.59. The predicted molar refractivity (Wildman–Crippen MR) is 93.3 cm³/mol. The van der Waals surface area contributed by atoms with Gasteiger partial charge in [0.2, 0.25) is 0 Å². The minimum absolute atomic E-state index is 0.898. The van der Waals surface area contributed by atoms with Crippen LogP contribution in [-0.4, -0.2) is 13.1 Å². The van der Waals surface area contributed by atoms with E-state index < -0.39 is 0 Å². The molecule has 0 radical (unpaired) electrons. The zero-order valence-corrected chi connectivity index (χ0v) is 15.4. The van der Waals surface area contributed by atoms with Gasteiger partial charge in [-0.15, -0.1) is 0 Å². The quantitative estimate of drug-likeness (QED) is 0.750. The van der Waals surface area contributed by atoms with Crippen molar-refractivity contribution < 1.29 is 0 Å². The molecule has 21 heavy (non-hydrogen) atoms. The Balaban J connectivity index is 1.78. The summed E-state index contributed by atoms with van der Waals surface area (Å²) in [5.74, 6) is 7.28. The minimum atomic E-state index is 0.898. The molecule has 124 valence electrons. The molecule has 2 rings (SSSR count). The number of nitrogens with one attached hydrogen (secondary N) is 1. The molecule has 2 fully saturated rings. The van der Waals surface area contributed by atoms with Crippen molar-refractivity contribution in [2.75, 3.05) is 13.1 Å². The van der Waals surface area contributed by atoms with Gasteiger partial charge in [-0.25, -0.2) is 0 Å². The largest absolute Gasteiger partial charge is 0.316 e. The minimum Gasteiger partial charge on any atom is -0.316 e. The van der Waals surface area contributed by atoms with Crippen LogP contribution in [0.2, 0.25) is 0 Å². The van der Waals surface area contributed by atoms with E-state index in [9.17, 15) is 0 Å². The van der Waals surface area contributed by atoms with Crippen LogP contribution in [-0.2, 0) is 0 Å². The fourth-order valence-corrected chi connectivity index (χ4v) is 5.28. The summed E-state index contributed by atoms with van der Waals surface area (Å²) in [5.41, 5.74) is 0. The highest BCUT2D eigenvalue weighted by Gasteiger charge is 2.32. The maximum atomic E-state index is 3.87. The fourth-order valence-electron chi connectivity index (χ4n) is 5.28. The molecular weight excluding hydrogens is 254 g/mol. The molecule has 1 nitrogen and oxygen atoms in total. The van der Waals surface area contributed by atoms with E-state index in [0.29, 0.717) is 0 Å². The third-order valence-electron chi connectivity index (χ3n) is 7.05. The normalized spacial score (nSPS) is 48.3. The highest BCUT2D eigenvalue weighted by atomic mass is 14.9. The van der Waals surface area contributed by atoms with Crippen molar-refractivity contribution in [3.63, 3.8) is 0 Å². The highest BCUT2D eigenvalue weighted by molar-refractivity contribution is 4.84. The van der Waals surface area contributed by atoms with Crippen molar-refractivity contribution in [3.05, 3.63) is 0 Å². The summed E-state index contributed by atoms with van der Waals surface area (Å²) in [4.78, 5) is 0. The van der Waals surface area contributed by atoms with E-state index in [-0.39, 0.29) is 0 Å². The summed E-state index contributed by atoms with van der Waals surface area (Å²) < 4.78 is 0. The lowest BCUT2D eigenvalue weighted by Gasteiger charge is -2.40. The number of rotatable bonds is 4. The Morgan fingerprint density at radius 3 is 1.38 bits per heavy atom. The summed E-state index contributed by atoms with van der Waals surface area (Å²) in [6.45, 7) is 17.3. The third kappa shape index (κ3) is 4.47. The molecule has 0 amide bonds. The molecular formula is C20H39N. The Kier molecular flexibility index (Phi) is 6.17. The van der Waals surface area contributed by atoms with E-state index in [0.717, 1.165) is 47.3 Å². The standard InChI is InChI=1S/C20H39N/c1-13-7-15(3)17(5)19(9-13)11-21-12-20-10-14(2)8-16(4)18(20)6/h13-21H,7-12H2,1-6H3/t13-,14+,15+,16-,17-,18-,19-,20-/m0/s1. The van der Waals surface area contributed by atoms with Gasteiger partial charge in [0.15, 0.2) is 0 Å². The SMILES string of the molecule is C[C@@H]1C[C@@H](CNC[C@@H]2C[C@H](C)C[C@H](C)[C@@H]2C)[C@@H](C)[C@H](C)C1. The van der Waals surface area contributed by atoms with Gasteiger partial charge < -0.3 is 5.32 Å². The van der Waals surface area contributed by atoms with Gasteiger partial charge in [-0.3, -0.25) is 0 Å². The molecule has 1 N–H and O–H groups in total. The van der Waals surface area contributed by atoms with Gasteiger partial charge in [0.05, 0.1) is 0 Å². The van der Waals surface area contributed by atoms with Gasteiger partial charge in [0.1, 0.15) is 0 Å². The molecule has 0 aromatic rings. The fraction of sp³-hybridized carbons (Fsp3) is 1.00. The Hall–Kier alpha value is -0.0400. The summed E-state index contributed by atoms with van der Waals surface area (Å²) in [7, 11) is 0. The van der Waals surface area contributed by atoms with Gasteiger partial charge in [-0.2, -0.15) is 0 Å². The second-order valence-electron chi connectivity index (χ2n) is 9.00. The summed E-state index contributed by atoms with van der Waals surface area (Å²) in [6, 6.07) is 0. The summed E-state index contributed by atoms with van der Waals surface area (Å²) in [6.07, 6.45) is 5.75. The first-order valence-electron chi connectivity index (χ1n) is 9.59. The van der Waals surface area contributed by atoms with Gasteiger partial charge >= 0.3 is 0 Å². The molecule has 2 saturated carbocycles. The molecule has 2 aliphatic carbocycles. The molecule has 1 heteroatoms. The third-order valence-corrected chi connectivity index (χ3v) is 7.05. The molecule has 2 aliphatic rings. The van der Waals surface area contributed by atoms with Crippen LogP contribution in [0.15, 0.2) is 0 Å². The molecule has 0 spiro atoms. The van der Waals surface area contributed by atoms with Crippen molar-refractivity contribution in [2.24, 2.45) is 47.3 Å². The topological polar surface area (TPSA) is 12.0 Å². The Bertz CT molecular complexity index is 283. The first kappa shape index (κ1) is 17.3. The molecule has 0 bridgehead atoms. The van der Waals surface area contributed by atoms with E-state index in [1.165, 1.54) is 38.8 Å². The monoisotopic (exact) mass is 293 g/mol. The van der Waals surface area contributed by atoms with Gasteiger partial charge in [0, 0.05) is 0 Å². The van der Waals surface area contributed by atoms with Crippen molar-refractivity contribution in [3.8, 4) is 0 Å². The van der Waals surface area contributed by atoms with Gasteiger partial charge in [0.25, 0.3) is 0 Å². The van der Waals surface area contributed by atoms with E-state index in [4.69, 9.17) is 0 Å². The lowest BCUT2D eigenvalue weighted by atomic mass is 9.69. The molecule has 8 atom stereocenters. The van der Waals surface area contributed by atoms with Crippen molar-refractivity contribution >= 4 is 0 Å². The molecule has 0 saturated heterocycles. The van der Waals surface area contributed by atoms with Gasteiger partial charge in [-0.05, 0) is 86.1 Å². The van der Waals surface area contributed by atoms with E-state index in [2.05, 4.69) is 46.9 Å². The predicted octanol–water partition coefficient (Wildman–Crippen LogP) is 5.21. The Morgan fingerprint density at radius 1 is 0.619 bits per heavy atom. The zero-order valence-electron chi connectivity index (χ0n) is 15.4. The zero-order chi connectivity index (χ0) is 15.6. The average molecular weight is 294 g/mol. The Labute approximate surface area is 133 Å². The van der Waals surface area contributed by atoms with E-state index in [1.54, 1.807) is 0 Å². The number of hydrogen-bond acceptors (Lipinski definition) is 1. The van der Waals surface area contributed by atoms with Crippen molar-refractivity contribution in [2.45, 2.75) is 67.2 Å². The van der Waals surface area contributed by atoms with Gasteiger partial charge in [-0.1, -0.05) is 41.5 Å². The van der Waals surface area contributed by atoms with Crippen LogP contribution in [0.4, 0.5) is 0 Å². The lowest BCUT2D eigenvalue weighted by Crippen LogP contribution is -2.40. The first-order chi connectivity index (χ1) is 9.88. The van der Waals surface area contributed by atoms with Crippen LogP contribution in [0, 0.1) is 47.3 Å². The van der Waals surface area contributed by atoms with E-state index in [1.807, 2.05) is 0 Å². The lowest BCUT2D eigenvalue weighted by molar-refractivity contribution is 0.117. The average Bonchev–Trinajstić information content (AvgIpc) is 2.40. The maximum absolute atomic E-state index is 3.87. The van der Waals surface area contributed by atoms with Crippen molar-refractivity contribution in [1.29, 1.82) is 0 Å². The maximum Gasteiger partial charge on any atom is -0.00177 e. The second-order valence-corrected chi connectivity index (χ2v) is 9.00. The smallest absolute Gasteiger partial charge is 0.00177 e. The second kappa shape index (κ2) is 7.49. The Morgan fingerprint density at radius 2 is 1.00 bits per heavy atom. The van der Waals surface area contributed by atoms with Crippen LogP contribution >= 0.6 is 0 Å². The molecule has 0 unspecified atom stereocenters. The summed E-state index contributed by atoms with van der Waals surface area (Å²) in [5, 5.41) is 3.87. The van der Waals surface area contributed by atoms with Crippen LogP contribution in [0.5, 0.6) is 0 Å². The highest BCUT2D eigenvalue weighted by Crippen LogP contribution is 2.39. The van der Waals surface area contributed by atoms with Crippen LogP contribution in [0.25, 0.3) is 0 Å². The number of hydrogen-bond donors (Lipinski definition) is 1. The van der Waals surface area contributed by atoms with Crippen LogP contribution in [0.1, 0.15) is 67.2 Å². The van der Waals surface area contributed by atoms with E-state index >= 15 is 0 Å². The molecule has 0 aromatic heterocycles.